The summed E-state index contributed by atoms with van der Waals surface area (Å²) in [5, 5.41) is 0.144. The molecule has 9 heavy (non-hydrogen) atoms. The van der Waals surface area contributed by atoms with Gasteiger partial charge >= 0.3 is 0 Å². The molecule has 1 amide bonds. The van der Waals surface area contributed by atoms with Gasteiger partial charge in [-0.1, -0.05) is 0 Å². The first-order valence-electron chi connectivity index (χ1n) is 2.67. The zero-order valence-corrected chi connectivity index (χ0v) is 6.36. The van der Waals surface area contributed by atoms with Crippen molar-refractivity contribution in [1.29, 1.82) is 0 Å². The van der Waals surface area contributed by atoms with Crippen molar-refractivity contribution in [3.63, 3.8) is 0 Å². The molecule has 52 valence electrons. The van der Waals surface area contributed by atoms with Gasteiger partial charge in [0.25, 0.3) is 0 Å². The second-order valence-electron chi connectivity index (χ2n) is 1.60. The maximum absolute atomic E-state index is 10.6. The van der Waals surface area contributed by atoms with Crippen LogP contribution in [-0.4, -0.2) is 22.5 Å². The maximum atomic E-state index is 10.6. The number of nitrogens with two attached hydrogens (primary N) is 1. The Bertz CT molecular complexity index is 121. The zero-order chi connectivity index (χ0) is 7.44. The van der Waals surface area contributed by atoms with Gasteiger partial charge in [0.15, 0.2) is 5.11 Å². The molecule has 0 spiro atoms. The van der Waals surface area contributed by atoms with E-state index in [1.807, 2.05) is 6.92 Å². The summed E-state index contributed by atoms with van der Waals surface area (Å²) in [5.74, 6) is -0.106. The average Bonchev–Trinajstić information content (AvgIpc) is 1.64. The zero-order valence-electron chi connectivity index (χ0n) is 5.55. The smallest absolute Gasteiger partial charge is 0.225 e. The molecule has 0 aliphatic rings. The van der Waals surface area contributed by atoms with Crippen LogP contribution in [0.3, 0.4) is 0 Å². The lowest BCUT2D eigenvalue weighted by molar-refractivity contribution is -0.124. The first-order chi connectivity index (χ1) is 4.09. The molecule has 0 bridgehead atoms. The van der Waals surface area contributed by atoms with Crippen LogP contribution in [0, 0.1) is 0 Å². The number of hydrogen-bond donors (Lipinski definition) is 1. The number of thiocarbonyl (C=S) groups is 1. The van der Waals surface area contributed by atoms with Crippen LogP contribution in [0.15, 0.2) is 0 Å². The molecule has 0 rings (SSSR count). The fraction of sp³-hybridized carbons (Fsp3) is 0.600. The van der Waals surface area contributed by atoms with E-state index in [1.54, 1.807) is 0 Å². The summed E-state index contributed by atoms with van der Waals surface area (Å²) >= 11 is 4.58. The molecule has 0 aliphatic carbocycles. The van der Waals surface area contributed by atoms with Crippen molar-refractivity contribution in [1.82, 2.24) is 4.90 Å². The van der Waals surface area contributed by atoms with Crippen LogP contribution in [0.2, 0.25) is 0 Å². The number of rotatable bonds is 1. The van der Waals surface area contributed by atoms with Gasteiger partial charge in [-0.3, -0.25) is 9.69 Å². The molecule has 0 aromatic heterocycles. The van der Waals surface area contributed by atoms with E-state index in [4.69, 9.17) is 5.73 Å². The van der Waals surface area contributed by atoms with Crippen LogP contribution in [0.25, 0.3) is 0 Å². The molecule has 3 nitrogen and oxygen atoms in total. The van der Waals surface area contributed by atoms with Crippen LogP contribution in [0.4, 0.5) is 0 Å². The van der Waals surface area contributed by atoms with E-state index < -0.39 is 0 Å². The van der Waals surface area contributed by atoms with Gasteiger partial charge in [-0.2, -0.15) is 0 Å². The van der Waals surface area contributed by atoms with Gasteiger partial charge in [-0.05, 0) is 19.1 Å². The Labute approximate surface area is 59.8 Å². The van der Waals surface area contributed by atoms with E-state index >= 15 is 0 Å². The molecule has 0 saturated heterocycles. The van der Waals surface area contributed by atoms with Gasteiger partial charge in [0, 0.05) is 13.5 Å². The van der Waals surface area contributed by atoms with Crippen LogP contribution >= 0.6 is 12.2 Å². The Balaban J connectivity index is 3.99. The number of amides is 1. The highest BCUT2D eigenvalue weighted by Gasteiger charge is 2.06. The molecular formula is C5H10N2OS. The Kier molecular flexibility index (Phi) is 3.16. The van der Waals surface area contributed by atoms with Crippen molar-refractivity contribution in [2.24, 2.45) is 5.73 Å². The third kappa shape index (κ3) is 2.41. The first-order valence-corrected chi connectivity index (χ1v) is 3.08. The molecule has 4 heteroatoms. The van der Waals surface area contributed by atoms with Gasteiger partial charge in [-0.25, -0.2) is 0 Å². The van der Waals surface area contributed by atoms with E-state index in [0.29, 0.717) is 6.54 Å². The van der Waals surface area contributed by atoms with Crippen molar-refractivity contribution in [3.8, 4) is 0 Å². The average molecular weight is 146 g/mol. The molecule has 0 heterocycles. The van der Waals surface area contributed by atoms with Crippen molar-refractivity contribution < 1.29 is 4.79 Å². The Morgan fingerprint density at radius 3 is 2.22 bits per heavy atom. The molecule has 0 saturated carbocycles. The third-order valence-electron chi connectivity index (χ3n) is 0.962. The van der Waals surface area contributed by atoms with E-state index in [1.165, 1.54) is 11.8 Å². The highest BCUT2D eigenvalue weighted by atomic mass is 32.1. The molecule has 0 fully saturated rings. The summed E-state index contributed by atoms with van der Waals surface area (Å²) in [6.07, 6.45) is 0. The van der Waals surface area contributed by atoms with Crippen molar-refractivity contribution in [2.45, 2.75) is 13.8 Å². The summed E-state index contributed by atoms with van der Waals surface area (Å²) in [7, 11) is 0. The van der Waals surface area contributed by atoms with Gasteiger partial charge < -0.3 is 5.73 Å². The van der Waals surface area contributed by atoms with Gasteiger partial charge in [0.1, 0.15) is 0 Å². The number of hydrogen-bond acceptors (Lipinski definition) is 2. The second-order valence-corrected chi connectivity index (χ2v) is 2.02. The standard InChI is InChI=1S/C5H10N2OS/c1-3-7(4(2)8)5(6)9/h3H2,1-2H3,(H2,6,9). The SMILES string of the molecule is CCN(C(C)=O)C(N)=S. The van der Waals surface area contributed by atoms with Crippen LogP contribution in [-0.2, 0) is 4.79 Å². The molecule has 0 aromatic carbocycles. The lowest BCUT2D eigenvalue weighted by Crippen LogP contribution is -2.38. The predicted octanol–water partition coefficient (Wildman–Crippen LogP) is 0.0984. The number of carbonyl (C=O) groups excluding carboxylic acids is 1. The topological polar surface area (TPSA) is 46.3 Å². The minimum atomic E-state index is -0.106. The summed E-state index contributed by atoms with van der Waals surface area (Å²) < 4.78 is 0. The molecule has 0 unspecified atom stereocenters. The van der Waals surface area contributed by atoms with E-state index in [2.05, 4.69) is 12.2 Å². The largest absolute Gasteiger partial charge is 0.376 e. The summed E-state index contributed by atoms with van der Waals surface area (Å²) in [6.45, 7) is 3.80. The fourth-order valence-electron chi connectivity index (χ4n) is 0.534. The molecule has 0 radical (unpaired) electrons. The summed E-state index contributed by atoms with van der Waals surface area (Å²) in [4.78, 5) is 11.9. The fourth-order valence-corrected chi connectivity index (χ4v) is 0.791. The van der Waals surface area contributed by atoms with E-state index in [0.717, 1.165) is 0 Å². The van der Waals surface area contributed by atoms with Gasteiger partial charge in [-0.15, -0.1) is 0 Å². The highest BCUT2D eigenvalue weighted by Crippen LogP contribution is 1.86. The van der Waals surface area contributed by atoms with Crippen LogP contribution in [0.5, 0.6) is 0 Å². The van der Waals surface area contributed by atoms with Gasteiger partial charge in [0.2, 0.25) is 5.91 Å². The van der Waals surface area contributed by atoms with Crippen molar-refractivity contribution in [2.75, 3.05) is 6.54 Å². The minimum Gasteiger partial charge on any atom is -0.376 e. The Hall–Kier alpha value is -0.640. The summed E-state index contributed by atoms with van der Waals surface area (Å²) in [6, 6.07) is 0. The quantitative estimate of drug-likeness (QED) is 0.534. The van der Waals surface area contributed by atoms with Crippen molar-refractivity contribution in [3.05, 3.63) is 0 Å². The maximum Gasteiger partial charge on any atom is 0.225 e. The summed E-state index contributed by atoms with van der Waals surface area (Å²) in [5.41, 5.74) is 5.18. The monoisotopic (exact) mass is 146 g/mol. The highest BCUT2D eigenvalue weighted by molar-refractivity contribution is 7.80. The van der Waals surface area contributed by atoms with E-state index in [9.17, 15) is 4.79 Å². The molecule has 0 aromatic rings. The number of carbonyl (C=O) groups is 1. The normalized spacial score (nSPS) is 8.67. The Morgan fingerprint density at radius 1 is 1.78 bits per heavy atom. The minimum absolute atomic E-state index is 0.106. The number of nitrogens with zero attached hydrogens (tertiary/aromatic N) is 1. The molecule has 2 N–H and O–H groups in total. The van der Waals surface area contributed by atoms with E-state index in [-0.39, 0.29) is 11.0 Å². The molecular weight excluding hydrogens is 136 g/mol. The van der Waals surface area contributed by atoms with Crippen molar-refractivity contribution >= 4 is 23.2 Å². The predicted molar refractivity (Wildman–Crippen MR) is 39.8 cm³/mol. The van der Waals surface area contributed by atoms with Crippen LogP contribution < -0.4 is 5.73 Å². The Morgan fingerprint density at radius 2 is 2.22 bits per heavy atom. The van der Waals surface area contributed by atoms with Gasteiger partial charge in [0.05, 0.1) is 0 Å². The third-order valence-corrected chi connectivity index (χ3v) is 1.18. The molecule has 0 atom stereocenters. The molecule has 0 aliphatic heterocycles. The lowest BCUT2D eigenvalue weighted by Gasteiger charge is -2.15. The van der Waals surface area contributed by atoms with Crippen LogP contribution in [0.1, 0.15) is 13.8 Å². The second kappa shape index (κ2) is 3.40. The lowest BCUT2D eigenvalue weighted by atomic mass is 10.5. The first kappa shape index (κ1) is 8.36.